The van der Waals surface area contributed by atoms with Crippen LogP contribution in [0.3, 0.4) is 0 Å². The van der Waals surface area contributed by atoms with Crippen molar-refractivity contribution in [3.8, 4) is 22.8 Å². The minimum absolute atomic E-state index is 0.129. The number of amides is 2. The minimum Gasteiger partial charge on any atom is -0.504 e. The highest BCUT2D eigenvalue weighted by molar-refractivity contribution is 5.89. The summed E-state index contributed by atoms with van der Waals surface area (Å²) < 4.78 is 5.25. The monoisotopic (exact) mass is 367 g/mol. The third kappa shape index (κ3) is 3.89. The third-order valence-corrected chi connectivity index (χ3v) is 4.04. The molecular formula is C19H21N5O3. The van der Waals surface area contributed by atoms with Crippen molar-refractivity contribution in [2.45, 2.75) is 20.3 Å². The van der Waals surface area contributed by atoms with Gasteiger partial charge in [-0.2, -0.15) is 0 Å². The maximum Gasteiger partial charge on any atom is 0.320 e. The molecule has 8 heteroatoms. The summed E-state index contributed by atoms with van der Waals surface area (Å²) in [5.74, 6) is 0.896. The van der Waals surface area contributed by atoms with Gasteiger partial charge in [-0.1, -0.05) is 6.92 Å². The van der Waals surface area contributed by atoms with E-state index in [9.17, 15) is 9.90 Å². The number of fused-ring (bicyclic) bond motifs is 1. The van der Waals surface area contributed by atoms with Crippen molar-refractivity contribution in [2.75, 3.05) is 19.0 Å². The second-order valence-corrected chi connectivity index (χ2v) is 5.82. The van der Waals surface area contributed by atoms with E-state index in [1.54, 1.807) is 24.4 Å². The standard InChI is InChI=1S/C19H21N5O3/c1-4-11-8-12(9-15(27-3)17(11)25)14-10-21-13-6-7-16(23-18(13)22-14)24-19(26)20-5-2/h6-10,25H,4-5H2,1-3H3,(H2,20,22,23,24,26). The first-order chi connectivity index (χ1) is 13.0. The topological polar surface area (TPSA) is 109 Å². The molecule has 3 rings (SSSR count). The number of hydrogen-bond acceptors (Lipinski definition) is 6. The lowest BCUT2D eigenvalue weighted by Gasteiger charge is -2.11. The largest absolute Gasteiger partial charge is 0.504 e. The second kappa shape index (κ2) is 7.86. The van der Waals surface area contributed by atoms with Gasteiger partial charge >= 0.3 is 6.03 Å². The zero-order valence-corrected chi connectivity index (χ0v) is 15.4. The molecule has 1 aromatic carbocycles. The highest BCUT2D eigenvalue weighted by Gasteiger charge is 2.13. The quantitative estimate of drug-likeness (QED) is 0.639. The number of anilines is 1. The molecule has 0 bridgehead atoms. The normalized spacial score (nSPS) is 10.6. The van der Waals surface area contributed by atoms with E-state index < -0.39 is 0 Å². The zero-order chi connectivity index (χ0) is 19.4. The highest BCUT2D eigenvalue weighted by atomic mass is 16.5. The number of carbonyl (C=O) groups excluding carboxylic acids is 1. The lowest BCUT2D eigenvalue weighted by atomic mass is 10.0. The zero-order valence-electron chi connectivity index (χ0n) is 15.4. The van der Waals surface area contributed by atoms with E-state index in [1.807, 2.05) is 19.9 Å². The number of hydrogen-bond donors (Lipinski definition) is 3. The number of nitrogens with zero attached hydrogens (tertiary/aromatic N) is 3. The first kappa shape index (κ1) is 18.4. The van der Waals surface area contributed by atoms with Crippen molar-refractivity contribution < 1.29 is 14.6 Å². The Kier molecular flexibility index (Phi) is 5.35. The first-order valence-corrected chi connectivity index (χ1v) is 8.64. The van der Waals surface area contributed by atoms with Gasteiger partial charge in [0, 0.05) is 12.1 Å². The molecule has 3 aromatic rings. The van der Waals surface area contributed by atoms with E-state index in [4.69, 9.17) is 4.74 Å². The fourth-order valence-corrected chi connectivity index (χ4v) is 2.67. The van der Waals surface area contributed by atoms with Gasteiger partial charge < -0.3 is 15.2 Å². The average molecular weight is 367 g/mol. The number of phenols is 1. The van der Waals surface area contributed by atoms with Gasteiger partial charge in [0.2, 0.25) is 0 Å². The fourth-order valence-electron chi connectivity index (χ4n) is 2.67. The number of urea groups is 1. The number of rotatable bonds is 5. The Morgan fingerprint density at radius 2 is 2.04 bits per heavy atom. The van der Waals surface area contributed by atoms with Crippen LogP contribution in [-0.4, -0.2) is 39.7 Å². The molecule has 0 unspecified atom stereocenters. The van der Waals surface area contributed by atoms with E-state index in [0.717, 1.165) is 11.1 Å². The number of benzene rings is 1. The van der Waals surface area contributed by atoms with Gasteiger partial charge in [0.15, 0.2) is 17.1 Å². The van der Waals surface area contributed by atoms with Gasteiger partial charge in [-0.15, -0.1) is 0 Å². The number of methoxy groups -OCH3 is 1. The molecule has 2 heterocycles. The molecular weight excluding hydrogens is 346 g/mol. The molecule has 0 aliphatic heterocycles. The molecule has 0 atom stereocenters. The van der Waals surface area contributed by atoms with Gasteiger partial charge in [-0.25, -0.2) is 14.8 Å². The molecule has 2 amide bonds. The molecule has 0 saturated heterocycles. The van der Waals surface area contributed by atoms with Gasteiger partial charge in [0.1, 0.15) is 11.3 Å². The number of aromatic nitrogens is 3. The summed E-state index contributed by atoms with van der Waals surface area (Å²) in [4.78, 5) is 25.0. The highest BCUT2D eigenvalue weighted by Crippen LogP contribution is 2.35. The predicted octanol–water partition coefficient (Wildman–Crippen LogP) is 3.11. The summed E-state index contributed by atoms with van der Waals surface area (Å²) in [6, 6.07) is 6.65. The summed E-state index contributed by atoms with van der Waals surface area (Å²) in [5, 5.41) is 15.5. The summed E-state index contributed by atoms with van der Waals surface area (Å²) >= 11 is 0. The van der Waals surface area contributed by atoms with Gasteiger partial charge in [0.25, 0.3) is 0 Å². The Morgan fingerprint density at radius 1 is 1.22 bits per heavy atom. The summed E-state index contributed by atoms with van der Waals surface area (Å²) in [6.45, 7) is 4.30. The van der Waals surface area contributed by atoms with Gasteiger partial charge in [-0.05, 0) is 43.2 Å². The fraction of sp³-hybridized carbons (Fsp3) is 0.263. The van der Waals surface area contributed by atoms with Crippen molar-refractivity contribution in [1.29, 1.82) is 0 Å². The number of phenolic OH excluding ortho intramolecular Hbond substituents is 1. The average Bonchev–Trinajstić information content (AvgIpc) is 2.67. The van der Waals surface area contributed by atoms with Crippen molar-refractivity contribution in [2.24, 2.45) is 0 Å². The molecule has 0 fully saturated rings. The number of nitrogens with one attached hydrogen (secondary N) is 2. The molecule has 0 aliphatic carbocycles. The molecule has 0 radical (unpaired) electrons. The van der Waals surface area contributed by atoms with Crippen molar-refractivity contribution in [3.63, 3.8) is 0 Å². The van der Waals surface area contributed by atoms with Crippen LogP contribution in [0.15, 0.2) is 30.5 Å². The number of ether oxygens (including phenoxy) is 1. The molecule has 140 valence electrons. The number of aryl methyl sites for hydroxylation is 1. The lowest BCUT2D eigenvalue weighted by Crippen LogP contribution is -2.28. The molecule has 8 nitrogen and oxygen atoms in total. The van der Waals surface area contributed by atoms with E-state index >= 15 is 0 Å². The van der Waals surface area contributed by atoms with Crippen LogP contribution in [0.1, 0.15) is 19.4 Å². The molecule has 3 N–H and O–H groups in total. The summed E-state index contributed by atoms with van der Waals surface area (Å²) in [6.07, 6.45) is 2.29. The van der Waals surface area contributed by atoms with E-state index in [-0.39, 0.29) is 11.8 Å². The third-order valence-electron chi connectivity index (χ3n) is 4.04. The number of pyridine rings is 1. The van der Waals surface area contributed by atoms with Gasteiger partial charge in [-0.3, -0.25) is 10.3 Å². The van der Waals surface area contributed by atoms with Gasteiger partial charge in [0.05, 0.1) is 19.0 Å². The second-order valence-electron chi connectivity index (χ2n) is 5.82. The van der Waals surface area contributed by atoms with Crippen LogP contribution in [0, 0.1) is 0 Å². The molecule has 0 aliphatic rings. The van der Waals surface area contributed by atoms with Crippen molar-refractivity contribution in [3.05, 3.63) is 36.0 Å². The molecule has 0 spiro atoms. The Labute approximate surface area is 156 Å². The van der Waals surface area contributed by atoms with E-state index in [2.05, 4.69) is 25.6 Å². The van der Waals surface area contributed by atoms with Crippen LogP contribution in [-0.2, 0) is 6.42 Å². The minimum atomic E-state index is -0.329. The summed E-state index contributed by atoms with van der Waals surface area (Å²) in [7, 11) is 1.51. The van der Waals surface area contributed by atoms with Crippen LogP contribution >= 0.6 is 0 Å². The summed E-state index contributed by atoms with van der Waals surface area (Å²) in [5.41, 5.74) is 3.14. The molecule has 2 aromatic heterocycles. The Morgan fingerprint density at radius 3 is 2.74 bits per heavy atom. The maximum atomic E-state index is 11.7. The van der Waals surface area contributed by atoms with Crippen LogP contribution in [0.5, 0.6) is 11.5 Å². The Balaban J connectivity index is 2.01. The SMILES string of the molecule is CCNC(=O)Nc1ccc2ncc(-c3cc(CC)c(O)c(OC)c3)nc2n1. The maximum absolute atomic E-state index is 11.7. The van der Waals surface area contributed by atoms with Crippen molar-refractivity contribution >= 4 is 23.0 Å². The predicted molar refractivity (Wildman–Crippen MR) is 103 cm³/mol. The van der Waals surface area contributed by atoms with E-state index in [0.29, 0.717) is 41.4 Å². The smallest absolute Gasteiger partial charge is 0.320 e. The molecule has 0 saturated carbocycles. The van der Waals surface area contributed by atoms with E-state index in [1.165, 1.54) is 7.11 Å². The molecule has 27 heavy (non-hydrogen) atoms. The Bertz CT molecular complexity index is 965. The first-order valence-electron chi connectivity index (χ1n) is 8.64. The van der Waals surface area contributed by atoms with Crippen LogP contribution in [0.4, 0.5) is 10.6 Å². The van der Waals surface area contributed by atoms with Crippen molar-refractivity contribution in [1.82, 2.24) is 20.3 Å². The Hall–Kier alpha value is -3.42. The van der Waals surface area contributed by atoms with Crippen LogP contribution in [0.25, 0.3) is 22.4 Å². The lowest BCUT2D eigenvalue weighted by molar-refractivity contribution is 0.252. The van der Waals surface area contributed by atoms with Crippen LogP contribution in [0.2, 0.25) is 0 Å². The number of aromatic hydroxyl groups is 1. The van der Waals surface area contributed by atoms with Crippen LogP contribution < -0.4 is 15.4 Å². The number of carbonyl (C=O) groups is 1.